The number of nitrogens with one attached hydrogen (secondary N) is 2. The molecule has 32 heavy (non-hydrogen) atoms. The average molecular weight is 509 g/mol. The van der Waals surface area contributed by atoms with Crippen molar-refractivity contribution in [2.45, 2.75) is 71.9 Å². The summed E-state index contributed by atoms with van der Waals surface area (Å²) in [5.74, 6) is 0.501. The van der Waals surface area contributed by atoms with E-state index in [0.717, 1.165) is 25.0 Å². The van der Waals surface area contributed by atoms with Crippen LogP contribution in [0.4, 0.5) is 10.5 Å². The second-order valence-electron chi connectivity index (χ2n) is 7.74. The minimum absolute atomic E-state index is 0. The molecule has 1 atom stereocenters. The van der Waals surface area contributed by atoms with Crippen LogP contribution >= 0.6 is 24.0 Å². The third-order valence-electron chi connectivity index (χ3n) is 3.49. The molecule has 0 aliphatic carbocycles. The number of hydrogen-bond donors (Lipinski definition) is 2. The second kappa shape index (κ2) is 18.9. The number of para-hydroxylation sites is 1. The molecule has 10 heteroatoms. The first kappa shape index (κ1) is 33.7. The molecule has 0 heterocycles. The summed E-state index contributed by atoms with van der Waals surface area (Å²) in [5.41, 5.74) is 0.0467. The minimum Gasteiger partial charge on any atom is -0.868 e. The fourth-order valence-corrected chi connectivity index (χ4v) is 2.95. The number of thiocarbonyl (C=S) groups is 1. The maximum atomic E-state index is 12.6. The van der Waals surface area contributed by atoms with Gasteiger partial charge in [0, 0.05) is 18.4 Å². The van der Waals surface area contributed by atoms with E-state index in [9.17, 15) is 19.5 Å². The smallest absolute Gasteiger partial charge is 0.868 e. The van der Waals surface area contributed by atoms with Crippen molar-refractivity contribution in [3.05, 3.63) is 30.3 Å². The zero-order valence-electron chi connectivity index (χ0n) is 19.9. The summed E-state index contributed by atoms with van der Waals surface area (Å²) >= 11 is 5.29. The molecule has 0 bridgehead atoms. The SMILES string of the molecule is CC(=O)SCCCCC[C@H](NC(=O)OC(C)(C)C)C(=O)Nc1ccccc1.CC([O-])=S.[K+]. The summed E-state index contributed by atoms with van der Waals surface area (Å²) < 4.78 is 5.27. The van der Waals surface area contributed by atoms with Gasteiger partial charge >= 0.3 is 57.5 Å². The molecule has 0 saturated heterocycles. The topological polar surface area (TPSA) is 108 Å². The Morgan fingerprint density at radius 3 is 2.16 bits per heavy atom. The van der Waals surface area contributed by atoms with E-state index in [1.54, 1.807) is 39.8 Å². The van der Waals surface area contributed by atoms with Crippen molar-refractivity contribution in [3.63, 3.8) is 0 Å². The van der Waals surface area contributed by atoms with Gasteiger partial charge in [0.25, 0.3) is 0 Å². The fourth-order valence-electron chi connectivity index (χ4n) is 2.31. The van der Waals surface area contributed by atoms with Crippen LogP contribution in [0.25, 0.3) is 0 Å². The van der Waals surface area contributed by atoms with Crippen LogP contribution < -0.4 is 67.1 Å². The van der Waals surface area contributed by atoms with Crippen LogP contribution in [0, 0.1) is 0 Å². The van der Waals surface area contributed by atoms with Crippen molar-refractivity contribution in [2.24, 2.45) is 0 Å². The van der Waals surface area contributed by atoms with E-state index < -0.39 is 17.7 Å². The molecule has 7 nitrogen and oxygen atoms in total. The molecular formula is C22H33KN2O5S2. The standard InChI is InChI=1S/C20H30N2O4S.C2H4OS.K/c1-15(23)27-14-10-6-9-13-17(22-19(25)26-20(2,3)4)18(24)21-16-11-7-5-8-12-16;1-2(3)4;/h5,7-8,11-12,17H,6,9-10,13-14H2,1-4H3,(H,21,24)(H,22,25);1H3,(H,3,4);/q;;+1/p-1/t17-;;/m0../s1. The van der Waals surface area contributed by atoms with Gasteiger partial charge in [0.1, 0.15) is 11.6 Å². The Labute approximate surface area is 243 Å². The third kappa shape index (κ3) is 21.4. The molecular weight excluding hydrogens is 475 g/mol. The monoisotopic (exact) mass is 508 g/mol. The number of thioether (sulfide) groups is 1. The number of amides is 2. The molecule has 174 valence electrons. The summed E-state index contributed by atoms with van der Waals surface area (Å²) in [5, 5.41) is 14.6. The van der Waals surface area contributed by atoms with Crippen LogP contribution in [-0.2, 0) is 14.3 Å². The third-order valence-corrected chi connectivity index (χ3v) is 4.39. The second-order valence-corrected chi connectivity index (χ2v) is 9.58. The Bertz CT molecular complexity index is 708. The normalized spacial score (nSPS) is 11.0. The first-order valence-corrected chi connectivity index (χ1v) is 11.5. The van der Waals surface area contributed by atoms with E-state index in [2.05, 4.69) is 22.9 Å². The molecule has 0 fully saturated rings. The van der Waals surface area contributed by atoms with E-state index in [0.29, 0.717) is 12.1 Å². The van der Waals surface area contributed by atoms with Gasteiger partial charge in [0.05, 0.1) is 0 Å². The molecule has 1 rings (SSSR count). The zero-order chi connectivity index (χ0) is 23.9. The van der Waals surface area contributed by atoms with Crippen LogP contribution in [0.2, 0.25) is 0 Å². The Kier molecular flexibility index (Phi) is 19.9. The molecule has 2 N–H and O–H groups in total. The molecule has 1 aromatic rings. The molecule has 0 radical (unpaired) electrons. The maximum Gasteiger partial charge on any atom is 1.00 e. The predicted molar refractivity (Wildman–Crippen MR) is 128 cm³/mol. The number of rotatable bonds is 9. The van der Waals surface area contributed by atoms with E-state index in [1.807, 2.05) is 18.2 Å². The molecule has 0 spiro atoms. The number of benzene rings is 1. The van der Waals surface area contributed by atoms with Crippen molar-refractivity contribution in [2.75, 3.05) is 11.1 Å². The maximum absolute atomic E-state index is 12.6. The van der Waals surface area contributed by atoms with Gasteiger partial charge < -0.3 is 20.5 Å². The van der Waals surface area contributed by atoms with E-state index >= 15 is 0 Å². The van der Waals surface area contributed by atoms with Crippen LogP contribution in [0.5, 0.6) is 0 Å². The van der Waals surface area contributed by atoms with Crippen molar-refractivity contribution in [1.82, 2.24) is 5.32 Å². The Morgan fingerprint density at radius 1 is 1.09 bits per heavy atom. The van der Waals surface area contributed by atoms with Gasteiger partial charge in [0.15, 0.2) is 5.12 Å². The van der Waals surface area contributed by atoms with Crippen LogP contribution in [0.1, 0.15) is 60.3 Å². The van der Waals surface area contributed by atoms with E-state index in [-0.39, 0.29) is 67.5 Å². The van der Waals surface area contributed by atoms with Gasteiger partial charge in [0.2, 0.25) is 5.91 Å². The number of carbonyl (C=O) groups excluding carboxylic acids is 3. The van der Waals surface area contributed by atoms with E-state index in [1.165, 1.54) is 18.7 Å². The predicted octanol–water partition coefficient (Wildman–Crippen LogP) is 1.06. The average Bonchev–Trinajstić information content (AvgIpc) is 2.62. The van der Waals surface area contributed by atoms with Gasteiger partial charge in [-0.25, -0.2) is 4.79 Å². The molecule has 0 aliphatic heterocycles. The summed E-state index contributed by atoms with van der Waals surface area (Å²) in [4.78, 5) is 35.6. The first-order valence-electron chi connectivity index (χ1n) is 10.1. The first-order chi connectivity index (χ1) is 14.4. The largest absolute Gasteiger partial charge is 1.00 e. The quantitative estimate of drug-likeness (QED) is 0.292. The molecule has 0 aliphatic rings. The van der Waals surface area contributed by atoms with E-state index in [4.69, 9.17) is 4.74 Å². The molecule has 0 saturated carbocycles. The number of ether oxygens (including phenoxy) is 1. The Morgan fingerprint density at radius 2 is 1.66 bits per heavy atom. The van der Waals surface area contributed by atoms with Crippen LogP contribution in [0.3, 0.4) is 0 Å². The number of alkyl carbamates (subject to hydrolysis) is 1. The number of unbranched alkanes of at least 4 members (excludes halogenated alkanes) is 2. The van der Waals surface area contributed by atoms with Gasteiger partial charge in [-0.15, -0.1) is 12.2 Å². The van der Waals surface area contributed by atoms with Crippen molar-refractivity contribution >= 4 is 51.8 Å². The van der Waals surface area contributed by atoms with Gasteiger partial charge in [-0.05, 0) is 52.7 Å². The molecule has 2 amide bonds. The van der Waals surface area contributed by atoms with Crippen molar-refractivity contribution < 1.29 is 75.6 Å². The van der Waals surface area contributed by atoms with Crippen LogP contribution in [0.15, 0.2) is 30.3 Å². The molecule has 0 unspecified atom stereocenters. The molecule has 1 aromatic carbocycles. The summed E-state index contributed by atoms with van der Waals surface area (Å²) in [7, 11) is 0. The summed E-state index contributed by atoms with van der Waals surface area (Å²) in [6.45, 7) is 8.23. The zero-order valence-corrected chi connectivity index (χ0v) is 24.6. The summed E-state index contributed by atoms with van der Waals surface area (Å²) in [6.07, 6.45) is 2.43. The van der Waals surface area contributed by atoms with Gasteiger partial charge in [-0.3, -0.25) is 9.59 Å². The number of hydrogen-bond acceptors (Lipinski definition) is 7. The fraction of sp³-hybridized carbons (Fsp3) is 0.545. The van der Waals surface area contributed by atoms with Gasteiger partial charge in [-0.2, -0.15) is 0 Å². The van der Waals surface area contributed by atoms with Gasteiger partial charge in [-0.1, -0.05) is 47.9 Å². The minimum atomic E-state index is -0.680. The molecule has 0 aromatic heterocycles. The Balaban J connectivity index is 0. The number of carbonyl (C=O) groups is 3. The number of anilines is 1. The Hall–Kier alpha value is -0.494. The van der Waals surface area contributed by atoms with Crippen LogP contribution in [-0.4, -0.2) is 39.6 Å². The summed E-state index contributed by atoms with van der Waals surface area (Å²) in [6, 6.07) is 8.44. The van der Waals surface area contributed by atoms with Crippen molar-refractivity contribution in [3.8, 4) is 0 Å². The van der Waals surface area contributed by atoms with Crippen molar-refractivity contribution in [1.29, 1.82) is 0 Å².